The summed E-state index contributed by atoms with van der Waals surface area (Å²) in [6.45, 7) is 0.655. The number of amides is 1. The van der Waals surface area contributed by atoms with Crippen LogP contribution in [0.1, 0.15) is 93.8 Å². The molecule has 0 N–H and O–H groups in total. The number of hydrogen-bond donors (Lipinski definition) is 0. The molecule has 0 atom stereocenters. The summed E-state index contributed by atoms with van der Waals surface area (Å²) in [6, 6.07) is 17.9. The number of rotatable bonds is 7. The lowest BCUT2D eigenvalue weighted by Gasteiger charge is -2.65. The minimum Gasteiger partial charge on any atom is -0.339 e. The average molecular weight is 537 g/mol. The second-order valence-corrected chi connectivity index (χ2v) is 13.6. The van der Waals surface area contributed by atoms with Crippen LogP contribution in [0.2, 0.25) is 0 Å². The Morgan fingerprint density at radius 2 is 1.68 bits per heavy atom. The van der Waals surface area contributed by atoms with Crippen LogP contribution in [0.25, 0.3) is 11.1 Å². The number of carbonyl (C=O) groups is 1. The van der Waals surface area contributed by atoms with Gasteiger partial charge in [-0.25, -0.2) is 4.39 Å². The Balaban J connectivity index is 1.08. The first-order valence-corrected chi connectivity index (χ1v) is 14.8. The van der Waals surface area contributed by atoms with E-state index in [1.54, 1.807) is 6.07 Å². The van der Waals surface area contributed by atoms with E-state index < -0.39 is 11.1 Å². The zero-order valence-electron chi connectivity index (χ0n) is 22.7. The van der Waals surface area contributed by atoms with E-state index >= 15 is 0 Å². The molecule has 0 aliphatic heterocycles. The predicted octanol–water partition coefficient (Wildman–Crippen LogP) is 7.00. The SMILES string of the molecule is N#Cc1cccc(-c2cccc(N(CC34CCC(c5nc(C6CC6)no5)(CC3)CC4)C(=O)C34CC(F)(C3)C4)c2)c1. The van der Waals surface area contributed by atoms with Crippen molar-refractivity contribution < 1.29 is 13.7 Å². The van der Waals surface area contributed by atoms with Crippen molar-refractivity contribution in [2.24, 2.45) is 10.8 Å². The Labute approximate surface area is 233 Å². The van der Waals surface area contributed by atoms with Gasteiger partial charge in [-0.2, -0.15) is 10.2 Å². The molecule has 1 amide bonds. The van der Waals surface area contributed by atoms with Crippen LogP contribution in [-0.2, 0) is 10.2 Å². The highest BCUT2D eigenvalue weighted by molar-refractivity contribution is 6.00. The number of nitrogens with zero attached hydrogens (tertiary/aromatic N) is 4. The second kappa shape index (κ2) is 8.25. The van der Waals surface area contributed by atoms with Crippen molar-refractivity contribution in [1.82, 2.24) is 10.1 Å². The van der Waals surface area contributed by atoms with Crippen molar-refractivity contribution >= 4 is 11.6 Å². The van der Waals surface area contributed by atoms with Crippen LogP contribution in [0.4, 0.5) is 10.1 Å². The Bertz CT molecular complexity index is 1520. The maximum absolute atomic E-state index is 14.5. The standard InChI is InChI=1S/C33H33FN4O2/c34-33-18-32(19-33,20-33)29(39)38(26-6-2-5-25(16-26)24-4-1-3-22(15-24)17-35)21-30-9-12-31(13-10-30,14-11-30)28-36-27(37-40-28)23-7-8-23/h1-6,15-16,23H,7-14,18-21H2. The molecular weight excluding hydrogens is 503 g/mol. The monoisotopic (exact) mass is 536 g/mol. The van der Waals surface area contributed by atoms with Crippen LogP contribution >= 0.6 is 0 Å². The molecular formula is C33H33FN4O2. The van der Waals surface area contributed by atoms with Crippen molar-refractivity contribution in [2.75, 3.05) is 11.4 Å². The third-order valence-corrected chi connectivity index (χ3v) is 10.9. The van der Waals surface area contributed by atoms with Gasteiger partial charge in [0.25, 0.3) is 0 Å². The number of halogens is 1. The number of anilines is 1. The number of hydrogen-bond acceptors (Lipinski definition) is 5. The second-order valence-electron chi connectivity index (χ2n) is 13.6. The van der Waals surface area contributed by atoms with Crippen molar-refractivity contribution in [2.45, 2.75) is 87.6 Å². The van der Waals surface area contributed by atoms with Gasteiger partial charge in [0.1, 0.15) is 5.67 Å². The number of alkyl halides is 1. The number of fused-ring (bicyclic) bond motifs is 3. The quantitative estimate of drug-likeness (QED) is 0.325. The van der Waals surface area contributed by atoms with Crippen LogP contribution < -0.4 is 4.90 Å². The number of nitriles is 1. The van der Waals surface area contributed by atoms with Gasteiger partial charge < -0.3 is 9.42 Å². The van der Waals surface area contributed by atoms with Crippen LogP contribution in [0.3, 0.4) is 0 Å². The van der Waals surface area contributed by atoms with Gasteiger partial charge in [0.05, 0.1) is 17.0 Å². The highest BCUT2D eigenvalue weighted by Crippen LogP contribution is 2.70. The van der Waals surface area contributed by atoms with E-state index in [-0.39, 0.29) is 16.7 Å². The molecule has 7 fully saturated rings. The lowest BCUT2D eigenvalue weighted by atomic mass is 9.41. The van der Waals surface area contributed by atoms with Gasteiger partial charge in [-0.3, -0.25) is 4.79 Å². The lowest BCUT2D eigenvalue weighted by Crippen LogP contribution is -2.71. The highest BCUT2D eigenvalue weighted by Gasteiger charge is 2.73. The van der Waals surface area contributed by atoms with Gasteiger partial charge in [0.2, 0.25) is 11.8 Å². The molecule has 7 saturated carbocycles. The first kappa shape index (κ1) is 24.3. The summed E-state index contributed by atoms with van der Waals surface area (Å²) in [5.74, 6) is 2.27. The molecule has 7 heteroatoms. The summed E-state index contributed by atoms with van der Waals surface area (Å²) >= 11 is 0. The third-order valence-electron chi connectivity index (χ3n) is 10.9. The van der Waals surface area contributed by atoms with Crippen molar-refractivity contribution in [3.63, 3.8) is 0 Å². The van der Waals surface area contributed by atoms with Gasteiger partial charge in [0.15, 0.2) is 5.82 Å². The molecule has 7 aliphatic carbocycles. The molecule has 0 spiro atoms. The summed E-state index contributed by atoms with van der Waals surface area (Å²) in [5, 5.41) is 13.7. The summed E-state index contributed by atoms with van der Waals surface area (Å²) in [4.78, 5) is 21.0. The van der Waals surface area contributed by atoms with E-state index in [0.29, 0.717) is 37.3 Å². The zero-order valence-corrected chi connectivity index (χ0v) is 22.7. The van der Waals surface area contributed by atoms with Crippen molar-refractivity contribution in [3.05, 3.63) is 65.8 Å². The van der Waals surface area contributed by atoms with Gasteiger partial charge in [0, 0.05) is 23.6 Å². The normalized spacial score (nSPS) is 33.5. The number of aromatic nitrogens is 2. The van der Waals surface area contributed by atoms with Gasteiger partial charge in [-0.05, 0) is 111 Å². The first-order valence-electron chi connectivity index (χ1n) is 14.8. The Morgan fingerprint density at radius 3 is 2.33 bits per heavy atom. The molecule has 4 bridgehead atoms. The Morgan fingerprint density at radius 1 is 1.00 bits per heavy atom. The molecule has 0 unspecified atom stereocenters. The lowest BCUT2D eigenvalue weighted by molar-refractivity contribution is -0.211. The first-order chi connectivity index (χ1) is 19.3. The zero-order chi connectivity index (χ0) is 27.2. The molecule has 3 aromatic rings. The van der Waals surface area contributed by atoms with E-state index in [1.165, 1.54) is 0 Å². The molecule has 1 aromatic heterocycles. The fourth-order valence-corrected chi connectivity index (χ4v) is 8.19. The van der Waals surface area contributed by atoms with Crippen LogP contribution in [-0.4, -0.2) is 28.3 Å². The van der Waals surface area contributed by atoms with Gasteiger partial charge in [-0.1, -0.05) is 29.4 Å². The van der Waals surface area contributed by atoms with Gasteiger partial charge in [-0.15, -0.1) is 0 Å². The predicted molar refractivity (Wildman–Crippen MR) is 147 cm³/mol. The molecule has 10 rings (SSSR count). The highest BCUT2D eigenvalue weighted by atomic mass is 19.1. The Kier molecular flexibility index (Phi) is 5.01. The molecule has 40 heavy (non-hydrogen) atoms. The van der Waals surface area contributed by atoms with Crippen LogP contribution in [0.15, 0.2) is 53.1 Å². The van der Waals surface area contributed by atoms with Crippen molar-refractivity contribution in [3.8, 4) is 17.2 Å². The average Bonchev–Trinajstić information content (AvgIpc) is 3.70. The largest absolute Gasteiger partial charge is 0.339 e. The van der Waals surface area contributed by atoms with E-state index in [0.717, 1.165) is 79.9 Å². The molecule has 6 nitrogen and oxygen atoms in total. The Hall–Kier alpha value is -3.53. The summed E-state index contributed by atoms with van der Waals surface area (Å²) in [6.07, 6.45) is 9.44. The topological polar surface area (TPSA) is 83.0 Å². The summed E-state index contributed by atoms with van der Waals surface area (Å²) in [5.41, 5.74) is 1.72. The van der Waals surface area contributed by atoms with Crippen molar-refractivity contribution in [1.29, 1.82) is 5.26 Å². The maximum atomic E-state index is 14.5. The fourth-order valence-electron chi connectivity index (χ4n) is 8.19. The van der Waals surface area contributed by atoms with E-state index in [4.69, 9.17) is 9.51 Å². The van der Waals surface area contributed by atoms with Crippen LogP contribution in [0, 0.1) is 22.2 Å². The number of benzene rings is 2. The third kappa shape index (κ3) is 3.68. The van der Waals surface area contributed by atoms with Crippen LogP contribution in [0.5, 0.6) is 0 Å². The summed E-state index contributed by atoms with van der Waals surface area (Å²) in [7, 11) is 0. The molecule has 0 radical (unpaired) electrons. The summed E-state index contributed by atoms with van der Waals surface area (Å²) < 4.78 is 20.4. The molecule has 2 aromatic carbocycles. The molecule has 7 aliphatic rings. The van der Waals surface area contributed by atoms with Gasteiger partial charge >= 0.3 is 0 Å². The molecule has 1 heterocycles. The fraction of sp³-hybridized carbons (Fsp3) is 0.515. The maximum Gasteiger partial charge on any atom is 0.233 e. The minimum atomic E-state index is -1.13. The molecule has 0 saturated heterocycles. The number of carbonyl (C=O) groups excluding carboxylic acids is 1. The minimum absolute atomic E-state index is 0.0309. The smallest absolute Gasteiger partial charge is 0.233 e. The van der Waals surface area contributed by atoms with E-state index in [2.05, 4.69) is 17.3 Å². The molecule has 204 valence electrons. The van der Waals surface area contributed by atoms with E-state index in [9.17, 15) is 14.4 Å². The van der Waals surface area contributed by atoms with E-state index in [1.807, 2.05) is 41.3 Å².